The van der Waals surface area contributed by atoms with Gasteiger partial charge in [-0.1, -0.05) is 6.08 Å². The molecule has 0 fully saturated rings. The van der Waals surface area contributed by atoms with Crippen LogP contribution in [0.4, 0.5) is 0 Å². The Morgan fingerprint density at radius 1 is 1.78 bits per heavy atom. The van der Waals surface area contributed by atoms with Gasteiger partial charge in [0.15, 0.2) is 0 Å². The van der Waals surface area contributed by atoms with Gasteiger partial charge in [-0.25, -0.2) is 0 Å². The van der Waals surface area contributed by atoms with Crippen LogP contribution in [-0.2, 0) is 0 Å². The first-order chi connectivity index (χ1) is 4.41. The lowest BCUT2D eigenvalue weighted by molar-refractivity contribution is 1.06. The van der Waals surface area contributed by atoms with Crippen LogP contribution in [0.1, 0.15) is 0 Å². The van der Waals surface area contributed by atoms with Crippen LogP contribution in [0.3, 0.4) is 0 Å². The van der Waals surface area contributed by atoms with Gasteiger partial charge in [-0.05, 0) is 0 Å². The number of nitrogens with zero attached hydrogens (tertiary/aromatic N) is 2. The second-order valence-corrected chi connectivity index (χ2v) is 1.32. The highest BCUT2D eigenvalue weighted by Gasteiger charge is 1.70. The smallest absolute Gasteiger partial charge is 0.104 e. The third-order valence-corrected chi connectivity index (χ3v) is 0.598. The van der Waals surface area contributed by atoms with Gasteiger partial charge < -0.3 is 5.32 Å². The van der Waals surface area contributed by atoms with Crippen molar-refractivity contribution < 1.29 is 0 Å². The Morgan fingerprint density at radius 3 is 3.11 bits per heavy atom. The molecule has 0 aromatic carbocycles. The Morgan fingerprint density at radius 2 is 2.56 bits per heavy atom. The number of nitriles is 1. The molecule has 3 nitrogen and oxygen atoms in total. The highest BCUT2D eigenvalue weighted by Crippen LogP contribution is 1.64. The Balaban J connectivity index is 3.06. The van der Waals surface area contributed by atoms with Crippen molar-refractivity contribution in [3.8, 4) is 6.07 Å². The van der Waals surface area contributed by atoms with Crippen LogP contribution in [0, 0.1) is 11.3 Å². The molecule has 0 saturated carbocycles. The molecule has 0 heterocycles. The number of hydrogen-bond donors (Lipinski definition) is 1. The Hall–Kier alpha value is -1.30. The molecule has 0 bridgehead atoms. The minimum atomic E-state index is 0.306. The van der Waals surface area contributed by atoms with Crippen LogP contribution in [0.2, 0.25) is 0 Å². The van der Waals surface area contributed by atoms with Gasteiger partial charge in [0, 0.05) is 0 Å². The summed E-state index contributed by atoms with van der Waals surface area (Å²) in [6.45, 7) is 4.37. The summed E-state index contributed by atoms with van der Waals surface area (Å²) in [5, 5.41) is 10.7. The van der Waals surface area contributed by atoms with E-state index in [0.717, 1.165) is 0 Å². The third kappa shape index (κ3) is 6.70. The molecule has 0 aliphatic rings. The second-order valence-electron chi connectivity index (χ2n) is 1.32. The van der Waals surface area contributed by atoms with E-state index in [1.165, 1.54) is 6.34 Å². The molecule has 0 saturated heterocycles. The van der Waals surface area contributed by atoms with Gasteiger partial charge in [-0.2, -0.15) is 5.26 Å². The van der Waals surface area contributed by atoms with E-state index in [-0.39, 0.29) is 0 Å². The summed E-state index contributed by atoms with van der Waals surface area (Å²) in [5.74, 6) is 0. The first kappa shape index (κ1) is 7.70. The molecule has 0 unspecified atom stereocenters. The van der Waals surface area contributed by atoms with E-state index >= 15 is 0 Å². The van der Waals surface area contributed by atoms with E-state index < -0.39 is 0 Å². The molecule has 0 aliphatic carbocycles. The summed E-state index contributed by atoms with van der Waals surface area (Å²) < 4.78 is 0. The van der Waals surface area contributed by atoms with Gasteiger partial charge in [-0.3, -0.25) is 4.99 Å². The summed E-state index contributed by atoms with van der Waals surface area (Å²) in [4.78, 5) is 3.82. The van der Waals surface area contributed by atoms with Gasteiger partial charge in [0.05, 0.1) is 19.0 Å². The predicted octanol–water partition coefficient (Wildman–Crippen LogP) is 0.314. The van der Waals surface area contributed by atoms with Gasteiger partial charge in [0.1, 0.15) is 6.54 Å². The van der Waals surface area contributed by atoms with Crippen LogP contribution in [0.5, 0.6) is 0 Å². The molecule has 0 atom stereocenters. The summed E-state index contributed by atoms with van der Waals surface area (Å²) in [6.07, 6.45) is 3.19. The van der Waals surface area contributed by atoms with E-state index in [2.05, 4.69) is 16.9 Å². The standard InChI is InChI=1S/C6H9N3/c1-2-4-8-6-9-5-3-7/h2,6H,1,4-5H2,(H,8,9). The molecule has 9 heavy (non-hydrogen) atoms. The topological polar surface area (TPSA) is 48.2 Å². The van der Waals surface area contributed by atoms with Gasteiger partial charge in [-0.15, -0.1) is 6.58 Å². The van der Waals surface area contributed by atoms with Crippen LogP contribution in [0.15, 0.2) is 17.6 Å². The molecule has 0 aromatic heterocycles. The molecule has 0 aliphatic heterocycles. The van der Waals surface area contributed by atoms with Crippen molar-refractivity contribution in [3.63, 3.8) is 0 Å². The van der Waals surface area contributed by atoms with Crippen molar-refractivity contribution >= 4 is 6.34 Å². The SMILES string of the molecule is C=CCN=CNCC#N. The van der Waals surface area contributed by atoms with Crippen LogP contribution >= 0.6 is 0 Å². The number of rotatable bonds is 4. The zero-order valence-corrected chi connectivity index (χ0v) is 5.17. The first-order valence-electron chi connectivity index (χ1n) is 2.61. The minimum Gasteiger partial charge on any atom is -0.363 e. The van der Waals surface area contributed by atoms with Crippen molar-refractivity contribution in [2.45, 2.75) is 0 Å². The maximum atomic E-state index is 8.03. The fraction of sp³-hybridized carbons (Fsp3) is 0.333. The van der Waals surface area contributed by atoms with Crippen molar-refractivity contribution in [2.75, 3.05) is 13.1 Å². The normalized spacial score (nSPS) is 8.78. The van der Waals surface area contributed by atoms with E-state index in [1.54, 1.807) is 6.08 Å². The zero-order valence-electron chi connectivity index (χ0n) is 5.17. The molecule has 0 aromatic rings. The van der Waals surface area contributed by atoms with E-state index in [9.17, 15) is 0 Å². The predicted molar refractivity (Wildman–Crippen MR) is 37.2 cm³/mol. The highest BCUT2D eigenvalue weighted by atomic mass is 14.9. The summed E-state index contributed by atoms with van der Waals surface area (Å²) in [7, 11) is 0. The quantitative estimate of drug-likeness (QED) is 0.192. The molecule has 48 valence electrons. The van der Waals surface area contributed by atoms with Gasteiger partial charge in [0.25, 0.3) is 0 Å². The molecular formula is C6H9N3. The van der Waals surface area contributed by atoms with Crippen molar-refractivity contribution in [1.82, 2.24) is 5.32 Å². The minimum absolute atomic E-state index is 0.306. The average molecular weight is 123 g/mol. The fourth-order valence-corrected chi connectivity index (χ4v) is 0.283. The number of aliphatic imine (C=N–C) groups is 1. The molecule has 0 spiro atoms. The lowest BCUT2D eigenvalue weighted by Crippen LogP contribution is -2.10. The molecule has 0 amide bonds. The molecule has 0 rings (SSSR count). The summed E-state index contributed by atoms with van der Waals surface area (Å²) in [5.41, 5.74) is 0. The summed E-state index contributed by atoms with van der Waals surface area (Å²) in [6, 6.07) is 1.92. The van der Waals surface area contributed by atoms with Crippen LogP contribution < -0.4 is 5.32 Å². The second kappa shape index (κ2) is 6.70. The lowest BCUT2D eigenvalue weighted by atomic mass is 10.6. The average Bonchev–Trinajstić information content (AvgIpc) is 1.89. The summed E-state index contributed by atoms with van der Waals surface area (Å²) >= 11 is 0. The molecule has 3 heteroatoms. The van der Waals surface area contributed by atoms with Crippen molar-refractivity contribution in [2.24, 2.45) is 4.99 Å². The van der Waals surface area contributed by atoms with Crippen molar-refractivity contribution in [1.29, 1.82) is 5.26 Å². The van der Waals surface area contributed by atoms with Crippen LogP contribution in [-0.4, -0.2) is 19.4 Å². The Labute approximate surface area is 54.7 Å². The number of nitrogens with one attached hydrogen (secondary N) is 1. The molecule has 0 radical (unpaired) electrons. The third-order valence-electron chi connectivity index (χ3n) is 0.598. The molecule has 1 N–H and O–H groups in total. The maximum absolute atomic E-state index is 8.03. The van der Waals surface area contributed by atoms with E-state index in [1.807, 2.05) is 6.07 Å². The maximum Gasteiger partial charge on any atom is 0.104 e. The highest BCUT2D eigenvalue weighted by molar-refractivity contribution is 5.54. The largest absolute Gasteiger partial charge is 0.363 e. The van der Waals surface area contributed by atoms with Crippen molar-refractivity contribution in [3.05, 3.63) is 12.7 Å². The Bertz CT molecular complexity index is 132. The van der Waals surface area contributed by atoms with Gasteiger partial charge >= 0.3 is 0 Å². The monoisotopic (exact) mass is 123 g/mol. The Kier molecular flexibility index (Phi) is 5.73. The van der Waals surface area contributed by atoms with E-state index in [4.69, 9.17) is 5.26 Å². The van der Waals surface area contributed by atoms with Gasteiger partial charge in [0.2, 0.25) is 0 Å². The fourth-order valence-electron chi connectivity index (χ4n) is 0.283. The van der Waals surface area contributed by atoms with E-state index in [0.29, 0.717) is 13.1 Å². The zero-order chi connectivity index (χ0) is 6.95. The number of hydrogen-bond acceptors (Lipinski definition) is 2. The lowest BCUT2D eigenvalue weighted by Gasteiger charge is -1.85. The first-order valence-corrected chi connectivity index (χ1v) is 2.61. The van der Waals surface area contributed by atoms with Crippen LogP contribution in [0.25, 0.3) is 0 Å². The molecular weight excluding hydrogens is 114 g/mol.